The molecule has 0 spiro atoms. The van der Waals surface area contributed by atoms with Gasteiger partial charge in [0.05, 0.1) is 11.4 Å². The third-order valence-electron chi connectivity index (χ3n) is 3.12. The molecule has 0 saturated carbocycles. The zero-order valence-electron chi connectivity index (χ0n) is 10.7. The Morgan fingerprint density at radius 3 is 2.39 bits per heavy atom. The number of hydrogen-bond acceptors (Lipinski definition) is 2. The molecule has 0 aliphatic heterocycles. The highest BCUT2D eigenvalue weighted by Crippen LogP contribution is 2.30. The van der Waals surface area contributed by atoms with Crippen molar-refractivity contribution in [3.05, 3.63) is 53.8 Å². The first-order valence-corrected chi connectivity index (χ1v) is 6.00. The average molecular weight is 244 g/mol. The van der Waals surface area contributed by atoms with Crippen LogP contribution in [0.3, 0.4) is 0 Å². The summed E-state index contributed by atoms with van der Waals surface area (Å²) in [6.07, 6.45) is 1.01. The summed E-state index contributed by atoms with van der Waals surface area (Å²) in [6.45, 7) is 2.11. The molecule has 18 heavy (non-hydrogen) atoms. The van der Waals surface area contributed by atoms with Crippen LogP contribution in [0.15, 0.2) is 42.5 Å². The van der Waals surface area contributed by atoms with Crippen molar-refractivity contribution in [3.63, 3.8) is 0 Å². The molecule has 2 aromatic rings. The van der Waals surface area contributed by atoms with E-state index < -0.39 is 0 Å². The molecule has 0 unspecified atom stereocenters. The SMILES string of the molecule is CCc1ccc(N(C)c2cccc(F)c2N)cc1. The van der Waals surface area contributed by atoms with Gasteiger partial charge in [0.25, 0.3) is 0 Å². The lowest BCUT2D eigenvalue weighted by Gasteiger charge is -2.21. The van der Waals surface area contributed by atoms with Crippen molar-refractivity contribution in [2.45, 2.75) is 13.3 Å². The van der Waals surface area contributed by atoms with Crippen molar-refractivity contribution < 1.29 is 4.39 Å². The van der Waals surface area contributed by atoms with Crippen LogP contribution < -0.4 is 10.6 Å². The maximum absolute atomic E-state index is 13.4. The number of benzene rings is 2. The molecular weight excluding hydrogens is 227 g/mol. The van der Waals surface area contributed by atoms with Crippen molar-refractivity contribution >= 4 is 17.1 Å². The van der Waals surface area contributed by atoms with Crippen LogP contribution in [0.1, 0.15) is 12.5 Å². The fourth-order valence-corrected chi connectivity index (χ4v) is 1.91. The molecule has 0 saturated heterocycles. The van der Waals surface area contributed by atoms with Crippen molar-refractivity contribution in [1.29, 1.82) is 0 Å². The van der Waals surface area contributed by atoms with Crippen LogP contribution in [-0.4, -0.2) is 7.05 Å². The van der Waals surface area contributed by atoms with Gasteiger partial charge in [-0.25, -0.2) is 4.39 Å². The second kappa shape index (κ2) is 5.08. The Balaban J connectivity index is 2.35. The van der Waals surface area contributed by atoms with Crippen molar-refractivity contribution in [2.24, 2.45) is 0 Å². The third kappa shape index (κ3) is 2.30. The second-order valence-electron chi connectivity index (χ2n) is 4.25. The number of nitrogens with zero attached hydrogens (tertiary/aromatic N) is 1. The predicted molar refractivity (Wildman–Crippen MR) is 74.7 cm³/mol. The summed E-state index contributed by atoms with van der Waals surface area (Å²) >= 11 is 0. The molecule has 94 valence electrons. The average Bonchev–Trinajstić information content (AvgIpc) is 2.41. The fourth-order valence-electron chi connectivity index (χ4n) is 1.91. The van der Waals surface area contributed by atoms with Gasteiger partial charge in [0.15, 0.2) is 0 Å². The van der Waals surface area contributed by atoms with Crippen LogP contribution in [0.4, 0.5) is 21.5 Å². The van der Waals surface area contributed by atoms with E-state index in [4.69, 9.17) is 5.73 Å². The van der Waals surface area contributed by atoms with Gasteiger partial charge < -0.3 is 10.6 Å². The normalized spacial score (nSPS) is 10.4. The summed E-state index contributed by atoms with van der Waals surface area (Å²) in [5.74, 6) is -0.385. The van der Waals surface area contributed by atoms with Gasteiger partial charge in [-0.1, -0.05) is 25.1 Å². The fraction of sp³-hybridized carbons (Fsp3) is 0.200. The van der Waals surface area contributed by atoms with Crippen LogP contribution in [0.25, 0.3) is 0 Å². The molecule has 0 amide bonds. The summed E-state index contributed by atoms with van der Waals surface area (Å²) in [5.41, 5.74) is 8.89. The van der Waals surface area contributed by atoms with Crippen LogP contribution in [-0.2, 0) is 6.42 Å². The van der Waals surface area contributed by atoms with E-state index in [1.165, 1.54) is 11.6 Å². The molecule has 3 heteroatoms. The molecule has 2 N–H and O–H groups in total. The van der Waals surface area contributed by atoms with Gasteiger partial charge in [-0.15, -0.1) is 0 Å². The van der Waals surface area contributed by atoms with E-state index in [0.717, 1.165) is 12.1 Å². The van der Waals surface area contributed by atoms with Crippen LogP contribution in [0.5, 0.6) is 0 Å². The van der Waals surface area contributed by atoms with E-state index in [1.807, 2.05) is 30.1 Å². The number of aryl methyl sites for hydroxylation is 1. The first-order valence-electron chi connectivity index (χ1n) is 6.00. The number of nitrogen functional groups attached to an aromatic ring is 1. The third-order valence-corrected chi connectivity index (χ3v) is 3.12. The monoisotopic (exact) mass is 244 g/mol. The standard InChI is InChI=1S/C15H17FN2/c1-3-11-7-9-12(10-8-11)18(2)14-6-4-5-13(16)15(14)17/h4-10H,3,17H2,1-2H3. The zero-order valence-corrected chi connectivity index (χ0v) is 10.7. The maximum Gasteiger partial charge on any atom is 0.148 e. The predicted octanol–water partition coefficient (Wildman–Crippen LogP) is 3.74. The van der Waals surface area contributed by atoms with Crippen molar-refractivity contribution in [1.82, 2.24) is 0 Å². The molecule has 2 aromatic carbocycles. The Kier molecular flexibility index (Phi) is 3.51. The maximum atomic E-state index is 13.4. The van der Waals surface area contributed by atoms with E-state index in [9.17, 15) is 4.39 Å². The quantitative estimate of drug-likeness (QED) is 0.833. The lowest BCUT2D eigenvalue weighted by molar-refractivity contribution is 0.632. The van der Waals surface area contributed by atoms with Gasteiger partial charge in [-0.05, 0) is 36.2 Å². The number of rotatable bonds is 3. The Morgan fingerprint density at radius 1 is 1.11 bits per heavy atom. The molecule has 0 aliphatic rings. The molecule has 0 fully saturated rings. The minimum absolute atomic E-state index is 0.180. The minimum atomic E-state index is -0.385. The zero-order chi connectivity index (χ0) is 13.1. The first-order chi connectivity index (χ1) is 8.63. The van der Waals surface area contributed by atoms with E-state index in [-0.39, 0.29) is 11.5 Å². The van der Waals surface area contributed by atoms with Gasteiger partial charge >= 0.3 is 0 Å². The molecule has 0 radical (unpaired) electrons. The summed E-state index contributed by atoms with van der Waals surface area (Å²) in [7, 11) is 1.88. The second-order valence-corrected chi connectivity index (χ2v) is 4.25. The van der Waals surface area contributed by atoms with Gasteiger partial charge in [-0.2, -0.15) is 0 Å². The van der Waals surface area contributed by atoms with Gasteiger partial charge in [0, 0.05) is 12.7 Å². The largest absolute Gasteiger partial charge is 0.395 e. The number of halogens is 1. The Morgan fingerprint density at radius 2 is 1.78 bits per heavy atom. The van der Waals surface area contributed by atoms with E-state index in [0.29, 0.717) is 5.69 Å². The summed E-state index contributed by atoms with van der Waals surface area (Å²) < 4.78 is 13.4. The minimum Gasteiger partial charge on any atom is -0.395 e. The molecule has 0 heterocycles. The lowest BCUT2D eigenvalue weighted by atomic mass is 10.1. The Hall–Kier alpha value is -2.03. The summed E-state index contributed by atoms with van der Waals surface area (Å²) in [4.78, 5) is 1.89. The van der Waals surface area contributed by atoms with Crippen LogP contribution in [0.2, 0.25) is 0 Å². The molecular formula is C15H17FN2. The molecule has 0 aliphatic carbocycles. The van der Waals surface area contributed by atoms with E-state index in [2.05, 4.69) is 19.1 Å². The highest BCUT2D eigenvalue weighted by atomic mass is 19.1. The number of nitrogens with two attached hydrogens (primary N) is 1. The first kappa shape index (κ1) is 12.4. The number of anilines is 3. The van der Waals surface area contributed by atoms with Gasteiger partial charge in [0.1, 0.15) is 5.82 Å². The highest BCUT2D eigenvalue weighted by molar-refractivity contribution is 5.74. The summed E-state index contributed by atoms with van der Waals surface area (Å²) in [5, 5.41) is 0. The van der Waals surface area contributed by atoms with Gasteiger partial charge in [0.2, 0.25) is 0 Å². The molecule has 2 rings (SSSR count). The van der Waals surface area contributed by atoms with Crippen molar-refractivity contribution in [3.8, 4) is 0 Å². The van der Waals surface area contributed by atoms with Gasteiger partial charge in [-0.3, -0.25) is 0 Å². The number of para-hydroxylation sites is 1. The Bertz CT molecular complexity index is 535. The lowest BCUT2D eigenvalue weighted by Crippen LogP contribution is -2.12. The summed E-state index contributed by atoms with van der Waals surface area (Å²) in [6, 6.07) is 13.0. The molecule has 2 nitrogen and oxygen atoms in total. The van der Waals surface area contributed by atoms with E-state index in [1.54, 1.807) is 6.07 Å². The topological polar surface area (TPSA) is 29.3 Å². The highest BCUT2D eigenvalue weighted by Gasteiger charge is 2.10. The van der Waals surface area contributed by atoms with Crippen LogP contribution >= 0.6 is 0 Å². The van der Waals surface area contributed by atoms with E-state index >= 15 is 0 Å². The smallest absolute Gasteiger partial charge is 0.148 e. The number of hydrogen-bond donors (Lipinski definition) is 1. The molecule has 0 bridgehead atoms. The van der Waals surface area contributed by atoms with Crippen molar-refractivity contribution in [2.75, 3.05) is 17.7 Å². The molecule has 0 aromatic heterocycles. The molecule has 0 atom stereocenters. The van der Waals surface area contributed by atoms with Crippen LogP contribution in [0, 0.1) is 5.82 Å². The Labute approximate surface area is 107 Å².